The van der Waals surface area contributed by atoms with Gasteiger partial charge >= 0.3 is 11.4 Å². The third-order valence-electron chi connectivity index (χ3n) is 3.05. The van der Waals surface area contributed by atoms with Gasteiger partial charge in [0, 0.05) is 24.6 Å². The zero-order valence-electron chi connectivity index (χ0n) is 10.0. The predicted octanol–water partition coefficient (Wildman–Crippen LogP) is 2.70. The maximum absolute atomic E-state index is 11.2. The Labute approximate surface area is 102 Å². The topological polar surface area (TPSA) is 60.4 Å². The number of nitrogens with zero attached hydrogens (tertiary/aromatic N) is 2. The Hall–Kier alpha value is -2.43. The minimum absolute atomic E-state index is 0.0248. The molecule has 2 heterocycles. The van der Waals surface area contributed by atoms with Gasteiger partial charge in [0.25, 0.3) is 5.52 Å². The van der Waals surface area contributed by atoms with Crippen molar-refractivity contribution >= 4 is 22.5 Å². The lowest BCUT2D eigenvalue weighted by molar-refractivity contribution is -0.501. The Balaban J connectivity index is 2.61. The summed E-state index contributed by atoms with van der Waals surface area (Å²) in [5.74, 6) is 0. The molecule has 0 spiro atoms. The molecule has 0 amide bonds. The van der Waals surface area contributed by atoms with Crippen molar-refractivity contribution in [1.82, 2.24) is 0 Å². The maximum Gasteiger partial charge on any atom is 0.460 e. The molecule has 3 rings (SSSR count). The van der Waals surface area contributed by atoms with Crippen LogP contribution in [0, 0.1) is 24.0 Å². The van der Waals surface area contributed by atoms with Crippen LogP contribution in [0.2, 0.25) is 0 Å². The average Bonchev–Trinajstić information content (AvgIpc) is 2.66. The van der Waals surface area contributed by atoms with Crippen LogP contribution in [-0.2, 0) is 0 Å². The molecule has 5 heteroatoms. The first-order chi connectivity index (χ1) is 8.59. The molecule has 0 N–H and O–H groups in total. The Morgan fingerprint density at radius 3 is 2.72 bits per heavy atom. The van der Waals surface area contributed by atoms with Gasteiger partial charge in [0.1, 0.15) is 0 Å². The summed E-state index contributed by atoms with van der Waals surface area (Å²) in [6.45, 7) is 3.63. The number of oxazole rings is 1. The van der Waals surface area contributed by atoms with Crippen molar-refractivity contribution < 1.29 is 13.7 Å². The van der Waals surface area contributed by atoms with Crippen LogP contribution in [0.25, 0.3) is 16.8 Å². The number of fused-ring (bicyclic) bond motifs is 3. The van der Waals surface area contributed by atoms with E-state index in [0.29, 0.717) is 16.9 Å². The molecule has 5 nitrogen and oxygen atoms in total. The second-order valence-corrected chi connectivity index (χ2v) is 4.28. The number of benzene rings is 1. The summed E-state index contributed by atoms with van der Waals surface area (Å²) in [6.07, 6.45) is 0. The van der Waals surface area contributed by atoms with Crippen LogP contribution in [0.15, 0.2) is 34.7 Å². The molecule has 1 aromatic carbocycles. The van der Waals surface area contributed by atoms with Gasteiger partial charge < -0.3 is 4.42 Å². The number of aromatic nitrogens is 1. The summed E-state index contributed by atoms with van der Waals surface area (Å²) in [7, 11) is 0. The normalized spacial score (nSPS) is 11.2. The van der Waals surface area contributed by atoms with Crippen LogP contribution in [0.4, 0.5) is 5.69 Å². The van der Waals surface area contributed by atoms with E-state index in [-0.39, 0.29) is 5.69 Å². The van der Waals surface area contributed by atoms with Gasteiger partial charge in [0.05, 0.1) is 4.92 Å². The first-order valence-electron chi connectivity index (χ1n) is 5.57. The van der Waals surface area contributed by atoms with Crippen molar-refractivity contribution in [1.29, 1.82) is 0 Å². The van der Waals surface area contributed by atoms with Crippen molar-refractivity contribution in [2.45, 2.75) is 13.8 Å². The lowest BCUT2D eigenvalue weighted by Gasteiger charge is -1.94. The predicted molar refractivity (Wildman–Crippen MR) is 65.5 cm³/mol. The molecule has 2 aromatic heterocycles. The first-order valence-corrected chi connectivity index (χ1v) is 5.57. The molecule has 0 saturated heterocycles. The molecule has 0 aliphatic heterocycles. The van der Waals surface area contributed by atoms with E-state index in [2.05, 4.69) is 0 Å². The zero-order chi connectivity index (χ0) is 12.9. The maximum atomic E-state index is 11.2. The number of para-hydroxylation sites is 2. The van der Waals surface area contributed by atoms with Gasteiger partial charge in [-0.15, -0.1) is 4.40 Å². The Bertz CT molecular complexity index is 790. The highest BCUT2D eigenvalue weighted by atomic mass is 16.6. The van der Waals surface area contributed by atoms with E-state index in [1.54, 1.807) is 23.5 Å². The number of rotatable bonds is 1. The Kier molecular flexibility index (Phi) is 2.10. The van der Waals surface area contributed by atoms with Gasteiger partial charge in [-0.1, -0.05) is 12.1 Å². The van der Waals surface area contributed by atoms with Gasteiger partial charge in [-0.3, -0.25) is 10.1 Å². The Morgan fingerprint density at radius 1 is 1.28 bits per heavy atom. The van der Waals surface area contributed by atoms with E-state index in [1.807, 2.05) is 25.1 Å². The quantitative estimate of drug-likeness (QED) is 0.375. The van der Waals surface area contributed by atoms with Crippen LogP contribution in [-0.4, -0.2) is 4.92 Å². The standard InChI is InChI=1S/C13H11N2O3/c1-8-7-9(2)14-10-5-3-4-6-11(10)18-13(14)12(8)15(16)17/h3-7H,1-2H3/q+1. The van der Waals surface area contributed by atoms with E-state index in [1.165, 1.54) is 0 Å². The van der Waals surface area contributed by atoms with E-state index in [0.717, 1.165) is 11.2 Å². The molecular weight excluding hydrogens is 232 g/mol. The molecule has 0 unspecified atom stereocenters. The summed E-state index contributed by atoms with van der Waals surface area (Å²) in [4.78, 5) is 10.8. The van der Waals surface area contributed by atoms with E-state index >= 15 is 0 Å². The number of aryl methyl sites for hydroxylation is 2. The largest absolute Gasteiger partial charge is 0.460 e. The molecule has 0 fully saturated rings. The van der Waals surface area contributed by atoms with Crippen LogP contribution in [0.5, 0.6) is 0 Å². The molecule has 0 bridgehead atoms. The second kappa shape index (κ2) is 3.53. The smallest absolute Gasteiger partial charge is 0.393 e. The average molecular weight is 243 g/mol. The van der Waals surface area contributed by atoms with E-state index < -0.39 is 4.92 Å². The number of hydrogen-bond donors (Lipinski definition) is 0. The first kappa shape index (κ1) is 10.7. The third kappa shape index (κ3) is 1.30. The Morgan fingerprint density at radius 2 is 2.00 bits per heavy atom. The zero-order valence-corrected chi connectivity index (χ0v) is 10.0. The van der Waals surface area contributed by atoms with Crippen molar-refractivity contribution in [3.05, 3.63) is 51.7 Å². The molecule has 0 radical (unpaired) electrons. The summed E-state index contributed by atoms with van der Waals surface area (Å²) < 4.78 is 7.41. The molecule has 0 aliphatic carbocycles. The van der Waals surface area contributed by atoms with Crippen molar-refractivity contribution in [3.63, 3.8) is 0 Å². The highest BCUT2D eigenvalue weighted by molar-refractivity contribution is 5.73. The van der Waals surface area contributed by atoms with Crippen LogP contribution in [0.3, 0.4) is 0 Å². The summed E-state index contributed by atoms with van der Waals surface area (Å²) in [6, 6.07) is 9.22. The minimum Gasteiger partial charge on any atom is -0.393 e. The van der Waals surface area contributed by atoms with E-state index in [4.69, 9.17) is 4.42 Å². The number of nitro groups is 1. The number of pyridine rings is 1. The lowest BCUT2D eigenvalue weighted by atomic mass is 10.2. The van der Waals surface area contributed by atoms with Crippen molar-refractivity contribution in [3.8, 4) is 0 Å². The van der Waals surface area contributed by atoms with Gasteiger partial charge in [0.2, 0.25) is 5.58 Å². The van der Waals surface area contributed by atoms with Gasteiger partial charge in [-0.2, -0.15) is 0 Å². The fourth-order valence-corrected chi connectivity index (χ4v) is 2.33. The van der Waals surface area contributed by atoms with E-state index in [9.17, 15) is 10.1 Å². The highest BCUT2D eigenvalue weighted by Crippen LogP contribution is 2.26. The monoisotopic (exact) mass is 243 g/mol. The third-order valence-corrected chi connectivity index (χ3v) is 3.05. The molecule has 3 aromatic rings. The summed E-state index contributed by atoms with van der Waals surface area (Å²) in [5, 5.41) is 11.2. The van der Waals surface area contributed by atoms with Crippen molar-refractivity contribution in [2.24, 2.45) is 0 Å². The SMILES string of the molecule is Cc1cc(C)[n+]2c(oc3ccccc32)c1[N+](=O)[O-]. The molecule has 18 heavy (non-hydrogen) atoms. The van der Waals surface area contributed by atoms with Crippen LogP contribution < -0.4 is 4.40 Å². The number of hydrogen-bond acceptors (Lipinski definition) is 3. The van der Waals surface area contributed by atoms with Gasteiger partial charge in [-0.25, -0.2) is 0 Å². The second-order valence-electron chi connectivity index (χ2n) is 4.28. The summed E-state index contributed by atoms with van der Waals surface area (Å²) in [5.41, 5.74) is 3.33. The minimum atomic E-state index is -0.396. The van der Waals surface area contributed by atoms with Gasteiger partial charge in [0.15, 0.2) is 5.69 Å². The molecule has 0 saturated carbocycles. The molecule has 90 valence electrons. The highest BCUT2D eigenvalue weighted by Gasteiger charge is 2.30. The fraction of sp³-hybridized carbons (Fsp3) is 0.154. The lowest BCUT2D eigenvalue weighted by Crippen LogP contribution is -2.25. The molecular formula is C13H11N2O3+. The summed E-state index contributed by atoms with van der Waals surface area (Å²) >= 11 is 0. The van der Waals surface area contributed by atoms with Gasteiger partial charge in [-0.05, 0) is 13.0 Å². The molecule has 0 atom stereocenters. The van der Waals surface area contributed by atoms with Crippen LogP contribution in [0.1, 0.15) is 11.3 Å². The molecule has 0 aliphatic rings. The fourth-order valence-electron chi connectivity index (χ4n) is 2.33. The van der Waals surface area contributed by atoms with Crippen LogP contribution >= 0.6 is 0 Å². The van der Waals surface area contributed by atoms with Crippen molar-refractivity contribution in [2.75, 3.05) is 0 Å².